The van der Waals surface area contributed by atoms with Crippen LogP contribution in [0.25, 0.3) is 11.0 Å². The Bertz CT molecular complexity index is 786. The number of fused-ring (bicyclic) bond motifs is 1. The SMILES string of the molecule is CSC1CC(c2ncc3[nH]ccc3n2)CC(c2ccccc2)N1. The zero-order valence-electron chi connectivity index (χ0n) is 13.1. The van der Waals surface area contributed by atoms with Gasteiger partial charge >= 0.3 is 0 Å². The van der Waals surface area contributed by atoms with E-state index in [2.05, 4.69) is 51.9 Å². The van der Waals surface area contributed by atoms with Crippen LogP contribution in [0.3, 0.4) is 0 Å². The second-order valence-electron chi connectivity index (χ2n) is 6.03. The van der Waals surface area contributed by atoms with Crippen molar-refractivity contribution in [1.82, 2.24) is 20.3 Å². The standard InChI is InChI=1S/C18H20N4S/c1-23-17-10-13(9-15(21-17)12-5-3-2-4-6-12)18-20-11-16-14(22-18)7-8-19-16/h2-8,11,13,15,17,19,21H,9-10H2,1H3. The van der Waals surface area contributed by atoms with E-state index in [1.807, 2.05) is 30.2 Å². The molecule has 0 radical (unpaired) electrons. The molecular formula is C18H20N4S. The second-order valence-corrected chi connectivity index (χ2v) is 7.07. The fourth-order valence-electron chi connectivity index (χ4n) is 3.35. The summed E-state index contributed by atoms with van der Waals surface area (Å²) in [5, 5.41) is 4.19. The van der Waals surface area contributed by atoms with Gasteiger partial charge in [-0.3, -0.25) is 5.32 Å². The van der Waals surface area contributed by atoms with Crippen molar-refractivity contribution in [2.75, 3.05) is 6.26 Å². The van der Waals surface area contributed by atoms with Gasteiger partial charge in [-0.1, -0.05) is 30.3 Å². The zero-order chi connectivity index (χ0) is 15.6. The van der Waals surface area contributed by atoms with Crippen LogP contribution in [0.5, 0.6) is 0 Å². The maximum atomic E-state index is 4.78. The number of H-pyrrole nitrogens is 1. The van der Waals surface area contributed by atoms with Gasteiger partial charge in [-0.05, 0) is 30.7 Å². The molecule has 3 aromatic rings. The van der Waals surface area contributed by atoms with Crippen molar-refractivity contribution in [3.05, 3.63) is 60.2 Å². The van der Waals surface area contributed by atoms with E-state index >= 15 is 0 Å². The molecule has 3 atom stereocenters. The molecule has 0 spiro atoms. The summed E-state index contributed by atoms with van der Waals surface area (Å²) in [6, 6.07) is 13.1. The van der Waals surface area contributed by atoms with Gasteiger partial charge in [0.2, 0.25) is 0 Å². The van der Waals surface area contributed by atoms with Crippen molar-refractivity contribution >= 4 is 22.8 Å². The molecule has 118 valence electrons. The first-order valence-electron chi connectivity index (χ1n) is 7.97. The fourth-order valence-corrected chi connectivity index (χ4v) is 4.07. The van der Waals surface area contributed by atoms with Gasteiger partial charge in [0.15, 0.2) is 0 Å². The summed E-state index contributed by atoms with van der Waals surface area (Å²) in [7, 11) is 0. The number of aromatic nitrogens is 3. The molecule has 4 rings (SSSR count). The van der Waals surface area contributed by atoms with E-state index in [-0.39, 0.29) is 0 Å². The Kier molecular flexibility index (Phi) is 4.06. The molecular weight excluding hydrogens is 304 g/mol. The van der Waals surface area contributed by atoms with Gasteiger partial charge in [-0.2, -0.15) is 0 Å². The van der Waals surface area contributed by atoms with E-state index in [9.17, 15) is 0 Å². The third-order valence-electron chi connectivity index (χ3n) is 4.57. The summed E-state index contributed by atoms with van der Waals surface area (Å²) >= 11 is 1.88. The molecule has 0 aliphatic carbocycles. The van der Waals surface area contributed by atoms with Gasteiger partial charge in [0, 0.05) is 18.2 Å². The van der Waals surface area contributed by atoms with Crippen LogP contribution in [0.2, 0.25) is 0 Å². The zero-order valence-corrected chi connectivity index (χ0v) is 13.9. The lowest BCUT2D eigenvalue weighted by Crippen LogP contribution is -2.38. The average molecular weight is 324 g/mol. The first kappa shape index (κ1) is 14.7. The van der Waals surface area contributed by atoms with E-state index in [0.717, 1.165) is 29.7 Å². The van der Waals surface area contributed by atoms with Crippen molar-refractivity contribution in [3.8, 4) is 0 Å². The third kappa shape index (κ3) is 2.99. The number of nitrogens with one attached hydrogen (secondary N) is 2. The highest BCUT2D eigenvalue weighted by molar-refractivity contribution is 7.99. The molecule has 0 saturated carbocycles. The molecule has 1 aromatic carbocycles. The van der Waals surface area contributed by atoms with Crippen molar-refractivity contribution in [2.45, 2.75) is 30.2 Å². The maximum Gasteiger partial charge on any atom is 0.132 e. The molecule has 4 nitrogen and oxygen atoms in total. The lowest BCUT2D eigenvalue weighted by Gasteiger charge is -2.35. The van der Waals surface area contributed by atoms with E-state index in [4.69, 9.17) is 4.98 Å². The highest BCUT2D eigenvalue weighted by Crippen LogP contribution is 2.37. The molecule has 1 aliphatic rings. The van der Waals surface area contributed by atoms with Gasteiger partial charge in [-0.15, -0.1) is 11.8 Å². The minimum absolute atomic E-state index is 0.359. The highest BCUT2D eigenvalue weighted by atomic mass is 32.2. The van der Waals surface area contributed by atoms with Crippen molar-refractivity contribution in [3.63, 3.8) is 0 Å². The molecule has 1 saturated heterocycles. The monoisotopic (exact) mass is 324 g/mol. The Morgan fingerprint density at radius 2 is 2.00 bits per heavy atom. The number of aromatic amines is 1. The number of hydrogen-bond acceptors (Lipinski definition) is 4. The number of thioether (sulfide) groups is 1. The average Bonchev–Trinajstić information content (AvgIpc) is 3.09. The topological polar surface area (TPSA) is 53.6 Å². The number of hydrogen-bond donors (Lipinski definition) is 2. The first-order valence-corrected chi connectivity index (χ1v) is 9.26. The molecule has 2 aromatic heterocycles. The van der Waals surface area contributed by atoms with Crippen LogP contribution >= 0.6 is 11.8 Å². The van der Waals surface area contributed by atoms with E-state index in [1.54, 1.807) is 0 Å². The number of benzene rings is 1. The minimum atomic E-state index is 0.359. The molecule has 3 unspecified atom stereocenters. The number of piperidine rings is 1. The van der Waals surface area contributed by atoms with Crippen LogP contribution in [-0.4, -0.2) is 26.6 Å². The lowest BCUT2D eigenvalue weighted by molar-refractivity contribution is 0.342. The smallest absolute Gasteiger partial charge is 0.132 e. The van der Waals surface area contributed by atoms with Gasteiger partial charge < -0.3 is 4.98 Å². The van der Waals surface area contributed by atoms with Gasteiger partial charge in [0.25, 0.3) is 0 Å². The minimum Gasteiger partial charge on any atom is -0.359 e. The third-order valence-corrected chi connectivity index (χ3v) is 5.47. The van der Waals surface area contributed by atoms with Crippen molar-refractivity contribution in [2.24, 2.45) is 0 Å². The quantitative estimate of drug-likeness (QED) is 0.768. The van der Waals surface area contributed by atoms with Crippen LogP contribution in [0.4, 0.5) is 0 Å². The Morgan fingerprint density at radius 1 is 1.13 bits per heavy atom. The van der Waals surface area contributed by atoms with E-state index in [1.165, 1.54) is 5.56 Å². The molecule has 2 N–H and O–H groups in total. The van der Waals surface area contributed by atoms with Crippen LogP contribution in [0.1, 0.15) is 36.2 Å². The van der Waals surface area contributed by atoms with Gasteiger partial charge in [0.05, 0.1) is 22.6 Å². The molecule has 3 heterocycles. The lowest BCUT2D eigenvalue weighted by atomic mass is 9.88. The van der Waals surface area contributed by atoms with Crippen LogP contribution in [0, 0.1) is 0 Å². The summed E-state index contributed by atoms with van der Waals surface area (Å²) < 4.78 is 0. The van der Waals surface area contributed by atoms with Crippen LogP contribution < -0.4 is 5.32 Å². The van der Waals surface area contributed by atoms with Crippen LogP contribution in [-0.2, 0) is 0 Å². The molecule has 5 heteroatoms. The Balaban J connectivity index is 1.64. The van der Waals surface area contributed by atoms with E-state index < -0.39 is 0 Å². The van der Waals surface area contributed by atoms with Crippen molar-refractivity contribution < 1.29 is 0 Å². The Labute approximate surface area is 140 Å². The normalized spacial score (nSPS) is 24.8. The second kappa shape index (κ2) is 6.34. The number of nitrogens with zero attached hydrogens (tertiary/aromatic N) is 2. The summed E-state index contributed by atoms with van der Waals surface area (Å²) in [6.07, 6.45) is 8.10. The summed E-state index contributed by atoms with van der Waals surface area (Å²) in [5.41, 5.74) is 3.35. The summed E-state index contributed by atoms with van der Waals surface area (Å²) in [4.78, 5) is 12.6. The molecule has 23 heavy (non-hydrogen) atoms. The predicted octanol–water partition coefficient (Wildman–Crippen LogP) is 3.86. The van der Waals surface area contributed by atoms with Gasteiger partial charge in [-0.25, -0.2) is 9.97 Å². The predicted molar refractivity (Wildman–Crippen MR) is 95.5 cm³/mol. The fraction of sp³-hybridized carbons (Fsp3) is 0.333. The summed E-state index contributed by atoms with van der Waals surface area (Å²) in [6.45, 7) is 0. The number of rotatable bonds is 3. The molecule has 1 fully saturated rings. The van der Waals surface area contributed by atoms with Crippen molar-refractivity contribution in [1.29, 1.82) is 0 Å². The largest absolute Gasteiger partial charge is 0.359 e. The molecule has 0 bridgehead atoms. The molecule has 1 aliphatic heterocycles. The highest BCUT2D eigenvalue weighted by Gasteiger charge is 2.31. The molecule has 0 amide bonds. The van der Waals surface area contributed by atoms with Crippen LogP contribution in [0.15, 0.2) is 48.8 Å². The first-order chi connectivity index (χ1) is 11.3. The van der Waals surface area contributed by atoms with E-state index in [0.29, 0.717) is 17.3 Å². The maximum absolute atomic E-state index is 4.78. The Morgan fingerprint density at radius 3 is 2.83 bits per heavy atom. The summed E-state index contributed by atoms with van der Waals surface area (Å²) in [5.74, 6) is 1.36. The van der Waals surface area contributed by atoms with Gasteiger partial charge in [0.1, 0.15) is 5.82 Å². The Hall–Kier alpha value is -1.85.